The van der Waals surface area contributed by atoms with Crippen LogP contribution < -0.4 is 5.73 Å². The van der Waals surface area contributed by atoms with Gasteiger partial charge in [0.25, 0.3) is 0 Å². The van der Waals surface area contributed by atoms with Crippen LogP contribution in [0.5, 0.6) is 0 Å². The molecule has 0 saturated heterocycles. The number of furan rings is 1. The molecule has 2 rings (SSSR count). The molecule has 0 amide bonds. The maximum absolute atomic E-state index is 6.44. The van der Waals surface area contributed by atoms with E-state index in [-0.39, 0.29) is 6.04 Å². The molecule has 1 aromatic carbocycles. The van der Waals surface area contributed by atoms with Gasteiger partial charge in [-0.2, -0.15) is 0 Å². The van der Waals surface area contributed by atoms with E-state index in [0.29, 0.717) is 6.54 Å². The Labute approximate surface area is 209 Å². The predicted octanol–water partition coefficient (Wildman–Crippen LogP) is 7.84. The van der Waals surface area contributed by atoms with E-state index in [0.717, 1.165) is 17.9 Å². The van der Waals surface area contributed by atoms with E-state index in [1.807, 2.05) is 19.1 Å². The van der Waals surface area contributed by atoms with Gasteiger partial charge in [0, 0.05) is 6.04 Å². The molecule has 34 heavy (non-hydrogen) atoms. The standard InChI is InChI=1S/C30H49N3O/c1-4-21-33(22-5-2)23-13-11-9-7-6-8-10-12-14-30(31)28-18-16-27(17-19-28)24-32-25-29-20-15-26(3)34-29/h15-20,25,30H,4-14,21-24,31H2,1-3H3. The molecule has 1 heterocycles. The average Bonchev–Trinajstić information content (AvgIpc) is 3.25. The first-order valence-electron chi connectivity index (χ1n) is 13.8. The van der Waals surface area contributed by atoms with Crippen LogP contribution in [0.2, 0.25) is 0 Å². The molecule has 0 aliphatic heterocycles. The van der Waals surface area contributed by atoms with E-state index in [9.17, 15) is 0 Å². The Morgan fingerprint density at radius 1 is 0.824 bits per heavy atom. The van der Waals surface area contributed by atoms with Crippen molar-refractivity contribution in [1.82, 2.24) is 4.90 Å². The fourth-order valence-corrected chi connectivity index (χ4v) is 4.53. The lowest BCUT2D eigenvalue weighted by molar-refractivity contribution is 0.267. The maximum atomic E-state index is 6.44. The van der Waals surface area contributed by atoms with Gasteiger partial charge in [0.1, 0.15) is 11.5 Å². The monoisotopic (exact) mass is 467 g/mol. The average molecular weight is 468 g/mol. The first kappa shape index (κ1) is 28.3. The van der Waals surface area contributed by atoms with Crippen molar-refractivity contribution in [3.8, 4) is 0 Å². The van der Waals surface area contributed by atoms with Crippen LogP contribution in [-0.2, 0) is 6.54 Å². The zero-order valence-corrected chi connectivity index (χ0v) is 22.1. The highest BCUT2D eigenvalue weighted by molar-refractivity contribution is 5.75. The number of hydrogen-bond donors (Lipinski definition) is 1. The lowest BCUT2D eigenvalue weighted by Gasteiger charge is -2.20. The quantitative estimate of drug-likeness (QED) is 0.169. The van der Waals surface area contributed by atoms with Crippen molar-refractivity contribution in [2.75, 3.05) is 19.6 Å². The fourth-order valence-electron chi connectivity index (χ4n) is 4.53. The number of unbranched alkanes of at least 4 members (excludes halogenated alkanes) is 7. The number of rotatable bonds is 19. The van der Waals surface area contributed by atoms with E-state index in [1.54, 1.807) is 6.21 Å². The highest BCUT2D eigenvalue weighted by atomic mass is 16.3. The second-order valence-corrected chi connectivity index (χ2v) is 9.73. The molecule has 0 radical (unpaired) electrons. The van der Waals surface area contributed by atoms with Crippen LogP contribution in [0.25, 0.3) is 0 Å². The molecule has 1 aromatic heterocycles. The molecule has 0 bridgehead atoms. The molecule has 1 unspecified atom stereocenters. The van der Waals surface area contributed by atoms with Crippen LogP contribution >= 0.6 is 0 Å². The van der Waals surface area contributed by atoms with Gasteiger partial charge in [0.15, 0.2) is 0 Å². The van der Waals surface area contributed by atoms with E-state index in [1.165, 1.54) is 95.0 Å². The minimum atomic E-state index is 0.137. The molecule has 1 atom stereocenters. The highest BCUT2D eigenvalue weighted by Gasteiger charge is 2.06. The summed E-state index contributed by atoms with van der Waals surface area (Å²) in [7, 11) is 0. The second kappa shape index (κ2) is 17.5. The van der Waals surface area contributed by atoms with Gasteiger partial charge in [-0.05, 0) is 75.5 Å². The highest BCUT2D eigenvalue weighted by Crippen LogP contribution is 2.19. The van der Waals surface area contributed by atoms with Crippen LogP contribution in [0, 0.1) is 6.92 Å². The zero-order valence-electron chi connectivity index (χ0n) is 22.1. The Bertz CT molecular complexity index is 775. The summed E-state index contributed by atoms with van der Waals surface area (Å²) in [6, 6.07) is 12.6. The normalized spacial score (nSPS) is 12.7. The summed E-state index contributed by atoms with van der Waals surface area (Å²) < 4.78 is 5.51. The van der Waals surface area contributed by atoms with Gasteiger partial charge in [-0.15, -0.1) is 0 Å². The van der Waals surface area contributed by atoms with Crippen molar-refractivity contribution in [2.45, 2.75) is 104 Å². The van der Waals surface area contributed by atoms with Crippen LogP contribution in [0.1, 0.15) is 113 Å². The third-order valence-electron chi connectivity index (χ3n) is 6.48. The molecule has 2 aromatic rings. The molecule has 4 nitrogen and oxygen atoms in total. The van der Waals surface area contributed by atoms with Gasteiger partial charge >= 0.3 is 0 Å². The van der Waals surface area contributed by atoms with Crippen molar-refractivity contribution in [2.24, 2.45) is 10.7 Å². The lowest BCUT2D eigenvalue weighted by atomic mass is 9.99. The molecule has 0 fully saturated rings. The first-order valence-corrected chi connectivity index (χ1v) is 13.8. The smallest absolute Gasteiger partial charge is 0.144 e. The summed E-state index contributed by atoms with van der Waals surface area (Å²) in [4.78, 5) is 7.10. The Morgan fingerprint density at radius 3 is 2.03 bits per heavy atom. The Hall–Kier alpha value is -1.91. The Morgan fingerprint density at radius 2 is 1.44 bits per heavy atom. The van der Waals surface area contributed by atoms with Crippen molar-refractivity contribution >= 4 is 6.21 Å². The molecule has 190 valence electrons. The van der Waals surface area contributed by atoms with Gasteiger partial charge in [-0.25, -0.2) is 0 Å². The molecule has 4 heteroatoms. The summed E-state index contributed by atoms with van der Waals surface area (Å²) in [6.07, 6.45) is 16.2. The van der Waals surface area contributed by atoms with Crippen LogP contribution in [-0.4, -0.2) is 30.7 Å². The number of nitrogens with zero attached hydrogens (tertiary/aromatic N) is 2. The zero-order chi connectivity index (χ0) is 24.4. The van der Waals surface area contributed by atoms with Crippen molar-refractivity contribution in [1.29, 1.82) is 0 Å². The predicted molar refractivity (Wildman–Crippen MR) is 147 cm³/mol. The fraction of sp³-hybridized carbons (Fsp3) is 0.633. The summed E-state index contributed by atoms with van der Waals surface area (Å²) in [6.45, 7) is 11.0. The van der Waals surface area contributed by atoms with E-state index < -0.39 is 0 Å². The van der Waals surface area contributed by atoms with Gasteiger partial charge in [0.2, 0.25) is 0 Å². The van der Waals surface area contributed by atoms with Gasteiger partial charge in [-0.1, -0.05) is 83.1 Å². The number of aliphatic imine (C=N–C) groups is 1. The molecular weight excluding hydrogens is 418 g/mol. The minimum Gasteiger partial charge on any atom is -0.460 e. The van der Waals surface area contributed by atoms with Crippen LogP contribution in [0.4, 0.5) is 0 Å². The second-order valence-electron chi connectivity index (χ2n) is 9.73. The van der Waals surface area contributed by atoms with Gasteiger partial charge < -0.3 is 15.1 Å². The Balaban J connectivity index is 1.50. The number of nitrogens with two attached hydrogens (primary N) is 1. The first-order chi connectivity index (χ1) is 16.6. The van der Waals surface area contributed by atoms with E-state index in [2.05, 4.69) is 48.0 Å². The topological polar surface area (TPSA) is 54.8 Å². The molecule has 0 spiro atoms. The summed E-state index contributed by atoms with van der Waals surface area (Å²) >= 11 is 0. The number of benzene rings is 1. The molecule has 2 N–H and O–H groups in total. The third kappa shape index (κ3) is 12.0. The third-order valence-corrected chi connectivity index (χ3v) is 6.48. The van der Waals surface area contributed by atoms with Gasteiger partial charge in [0.05, 0.1) is 12.8 Å². The number of hydrogen-bond acceptors (Lipinski definition) is 4. The Kier molecular flexibility index (Phi) is 14.6. The van der Waals surface area contributed by atoms with Crippen LogP contribution in [0.3, 0.4) is 0 Å². The number of aryl methyl sites for hydroxylation is 1. The van der Waals surface area contributed by atoms with Crippen molar-refractivity contribution < 1.29 is 4.42 Å². The van der Waals surface area contributed by atoms with E-state index >= 15 is 0 Å². The van der Waals surface area contributed by atoms with Crippen molar-refractivity contribution in [3.05, 3.63) is 59.0 Å². The van der Waals surface area contributed by atoms with Crippen molar-refractivity contribution in [3.63, 3.8) is 0 Å². The van der Waals surface area contributed by atoms with Crippen LogP contribution in [0.15, 0.2) is 45.8 Å². The summed E-state index contributed by atoms with van der Waals surface area (Å²) in [5.41, 5.74) is 8.87. The summed E-state index contributed by atoms with van der Waals surface area (Å²) in [5.74, 6) is 1.71. The molecular formula is C30H49N3O. The van der Waals surface area contributed by atoms with E-state index in [4.69, 9.17) is 10.2 Å². The molecule has 0 aliphatic carbocycles. The lowest BCUT2D eigenvalue weighted by Crippen LogP contribution is -2.26. The molecule has 0 aliphatic rings. The molecule has 0 saturated carbocycles. The summed E-state index contributed by atoms with van der Waals surface area (Å²) in [5, 5.41) is 0. The van der Waals surface area contributed by atoms with Gasteiger partial charge in [-0.3, -0.25) is 4.99 Å². The minimum absolute atomic E-state index is 0.137. The SMILES string of the molecule is CCCN(CCC)CCCCCCCCCCC(N)c1ccc(CN=Cc2ccc(C)o2)cc1. The maximum Gasteiger partial charge on any atom is 0.144 e. The largest absolute Gasteiger partial charge is 0.460 e.